The fourth-order valence-electron chi connectivity index (χ4n) is 2.04. The van der Waals surface area contributed by atoms with E-state index < -0.39 is 5.97 Å². The van der Waals surface area contributed by atoms with Crippen molar-refractivity contribution in [2.75, 3.05) is 7.11 Å². The van der Waals surface area contributed by atoms with Crippen LogP contribution in [-0.4, -0.2) is 18.2 Å². The molecule has 0 bridgehead atoms. The van der Waals surface area contributed by atoms with Crippen molar-refractivity contribution in [3.8, 4) is 5.75 Å². The number of methoxy groups -OCH3 is 1. The number of allylic oxidation sites excluding steroid dienone is 1. The topological polar surface area (TPSA) is 71.2 Å². The summed E-state index contributed by atoms with van der Waals surface area (Å²) in [5.41, 5.74) is 3.04. The predicted octanol–water partition coefficient (Wildman–Crippen LogP) is 5.07. The Morgan fingerprint density at radius 1 is 1.04 bits per heavy atom. The average Bonchev–Trinajstić information content (AvgIpc) is 2.61. The van der Waals surface area contributed by atoms with Crippen molar-refractivity contribution in [2.45, 2.75) is 19.8 Å². The maximum Gasteiger partial charge on any atom is 0.330 e. The summed E-state index contributed by atoms with van der Waals surface area (Å²) in [6.45, 7) is 1.60. The van der Waals surface area contributed by atoms with Gasteiger partial charge in [-0.25, -0.2) is 4.79 Å². The highest BCUT2D eigenvalue weighted by Gasteiger charge is 1.99. The van der Waals surface area contributed by atoms with Crippen LogP contribution in [-0.2, 0) is 11.2 Å². The lowest BCUT2D eigenvalue weighted by Gasteiger charge is -2.00. The molecule has 0 heterocycles. The summed E-state index contributed by atoms with van der Waals surface area (Å²) < 4.78 is 5.10. The number of hydrogen-bond donors (Lipinski definition) is 1. The van der Waals surface area contributed by atoms with E-state index in [1.54, 1.807) is 20.1 Å². The second kappa shape index (κ2) is 8.62. The van der Waals surface area contributed by atoms with Crippen LogP contribution in [0.25, 0.3) is 0 Å². The molecule has 24 heavy (non-hydrogen) atoms. The molecule has 5 heteroatoms. The van der Waals surface area contributed by atoms with E-state index in [-0.39, 0.29) is 0 Å². The molecule has 0 aromatic heterocycles. The molecule has 2 rings (SSSR count). The number of benzene rings is 2. The van der Waals surface area contributed by atoms with Crippen LogP contribution in [0.5, 0.6) is 5.75 Å². The van der Waals surface area contributed by atoms with E-state index in [2.05, 4.69) is 10.2 Å². The summed E-state index contributed by atoms with van der Waals surface area (Å²) in [7, 11) is 1.62. The van der Waals surface area contributed by atoms with E-state index in [0.29, 0.717) is 12.0 Å². The highest BCUT2D eigenvalue weighted by Crippen LogP contribution is 2.21. The maximum absolute atomic E-state index is 10.7. The molecular weight excluding hydrogens is 304 g/mol. The molecule has 0 saturated heterocycles. The van der Waals surface area contributed by atoms with Crippen LogP contribution in [0.15, 0.2) is 70.4 Å². The minimum atomic E-state index is -0.871. The highest BCUT2D eigenvalue weighted by atomic mass is 16.5. The van der Waals surface area contributed by atoms with Crippen LogP contribution in [0, 0.1) is 0 Å². The zero-order chi connectivity index (χ0) is 17.4. The van der Waals surface area contributed by atoms with Gasteiger partial charge in [-0.05, 0) is 61.7 Å². The van der Waals surface area contributed by atoms with Gasteiger partial charge >= 0.3 is 5.97 Å². The Labute approximate surface area is 141 Å². The van der Waals surface area contributed by atoms with Gasteiger partial charge < -0.3 is 9.84 Å². The Bertz CT molecular complexity index is 732. The largest absolute Gasteiger partial charge is 0.497 e. The van der Waals surface area contributed by atoms with Gasteiger partial charge in [0.05, 0.1) is 18.5 Å². The molecule has 2 aromatic rings. The van der Waals surface area contributed by atoms with Crippen LogP contribution in [0.3, 0.4) is 0 Å². The number of carbonyl (C=O) groups is 1. The van der Waals surface area contributed by atoms with Gasteiger partial charge in [0, 0.05) is 5.57 Å². The number of aryl methyl sites for hydroxylation is 1. The number of nitrogens with zero attached hydrogens (tertiary/aromatic N) is 2. The second-order valence-electron chi connectivity index (χ2n) is 5.30. The summed E-state index contributed by atoms with van der Waals surface area (Å²) in [6, 6.07) is 15.1. The zero-order valence-electron chi connectivity index (χ0n) is 13.8. The van der Waals surface area contributed by atoms with Crippen LogP contribution in [0.2, 0.25) is 0 Å². The molecule has 5 nitrogen and oxygen atoms in total. The van der Waals surface area contributed by atoms with Gasteiger partial charge in [0.15, 0.2) is 0 Å². The molecule has 0 fully saturated rings. The van der Waals surface area contributed by atoms with E-state index in [0.717, 1.165) is 29.1 Å². The molecule has 0 aliphatic heterocycles. The molecule has 0 saturated carbocycles. The summed E-state index contributed by atoms with van der Waals surface area (Å²) in [6.07, 6.45) is 3.23. The Morgan fingerprint density at radius 2 is 1.58 bits per heavy atom. The van der Waals surface area contributed by atoms with Crippen molar-refractivity contribution in [3.63, 3.8) is 0 Å². The van der Waals surface area contributed by atoms with E-state index in [1.165, 1.54) is 0 Å². The first-order chi connectivity index (χ1) is 11.6. The Morgan fingerprint density at radius 3 is 2.08 bits per heavy atom. The van der Waals surface area contributed by atoms with Crippen LogP contribution < -0.4 is 4.74 Å². The van der Waals surface area contributed by atoms with Crippen LogP contribution >= 0.6 is 0 Å². The minimum Gasteiger partial charge on any atom is -0.497 e. The predicted molar refractivity (Wildman–Crippen MR) is 93.3 cm³/mol. The SMILES string of the molecule is COc1ccc(N=Nc2ccc(CCC=C(C)C(=O)O)cc2)cc1. The Balaban J connectivity index is 1.92. The fraction of sp³-hybridized carbons (Fsp3) is 0.211. The third-order valence-corrected chi connectivity index (χ3v) is 3.51. The maximum atomic E-state index is 10.7. The van der Waals surface area contributed by atoms with Gasteiger partial charge in [-0.15, -0.1) is 0 Å². The second-order valence-corrected chi connectivity index (χ2v) is 5.30. The lowest BCUT2D eigenvalue weighted by molar-refractivity contribution is -0.132. The average molecular weight is 324 g/mol. The standard InChI is InChI=1S/C19H20N2O3/c1-14(19(22)23)4-3-5-15-6-8-16(9-7-15)20-21-17-10-12-18(24-2)13-11-17/h4,6-13H,3,5H2,1-2H3,(H,22,23). The molecule has 0 amide bonds. The summed E-state index contributed by atoms with van der Waals surface area (Å²) in [5.74, 6) is -0.0882. The molecule has 0 aliphatic carbocycles. The van der Waals surface area contributed by atoms with Gasteiger partial charge in [-0.2, -0.15) is 10.2 Å². The molecule has 1 N–H and O–H groups in total. The first-order valence-corrected chi connectivity index (χ1v) is 7.63. The van der Waals surface area contributed by atoms with Crippen molar-refractivity contribution in [1.29, 1.82) is 0 Å². The number of aliphatic carboxylic acids is 1. The lowest BCUT2D eigenvalue weighted by atomic mass is 10.1. The van der Waals surface area contributed by atoms with Crippen LogP contribution in [0.1, 0.15) is 18.9 Å². The number of carboxylic acids is 1. The van der Waals surface area contributed by atoms with E-state index in [9.17, 15) is 4.79 Å². The summed E-state index contributed by atoms with van der Waals surface area (Å²) in [4.78, 5) is 10.7. The van der Waals surface area contributed by atoms with Crippen molar-refractivity contribution < 1.29 is 14.6 Å². The van der Waals surface area contributed by atoms with E-state index in [1.807, 2.05) is 48.5 Å². The van der Waals surface area contributed by atoms with Crippen molar-refractivity contribution in [2.24, 2.45) is 10.2 Å². The summed E-state index contributed by atoms with van der Waals surface area (Å²) >= 11 is 0. The first kappa shape index (κ1) is 17.4. The van der Waals surface area contributed by atoms with Gasteiger partial charge in [0.25, 0.3) is 0 Å². The number of carboxylic acid groups (broad SMARTS) is 1. The van der Waals surface area contributed by atoms with Crippen molar-refractivity contribution in [3.05, 3.63) is 65.7 Å². The van der Waals surface area contributed by atoms with Gasteiger partial charge in [0.2, 0.25) is 0 Å². The van der Waals surface area contributed by atoms with Gasteiger partial charge in [-0.3, -0.25) is 0 Å². The number of azo groups is 1. The quantitative estimate of drug-likeness (QED) is 0.570. The molecule has 0 radical (unpaired) electrons. The van der Waals surface area contributed by atoms with Gasteiger partial charge in [-0.1, -0.05) is 18.2 Å². The van der Waals surface area contributed by atoms with E-state index in [4.69, 9.17) is 9.84 Å². The lowest BCUT2D eigenvalue weighted by Crippen LogP contribution is -1.96. The molecule has 2 aromatic carbocycles. The Hall–Kier alpha value is -2.95. The molecule has 0 aliphatic rings. The fourth-order valence-corrected chi connectivity index (χ4v) is 2.04. The molecular formula is C19H20N2O3. The number of hydrogen-bond acceptors (Lipinski definition) is 4. The minimum absolute atomic E-state index is 0.375. The molecule has 124 valence electrons. The van der Waals surface area contributed by atoms with E-state index >= 15 is 0 Å². The highest BCUT2D eigenvalue weighted by molar-refractivity contribution is 5.85. The van der Waals surface area contributed by atoms with Crippen molar-refractivity contribution in [1.82, 2.24) is 0 Å². The third-order valence-electron chi connectivity index (χ3n) is 3.51. The normalized spacial score (nSPS) is 11.7. The summed E-state index contributed by atoms with van der Waals surface area (Å²) in [5, 5.41) is 17.2. The molecule has 0 unspecified atom stereocenters. The smallest absolute Gasteiger partial charge is 0.330 e. The zero-order valence-corrected chi connectivity index (χ0v) is 13.8. The van der Waals surface area contributed by atoms with Gasteiger partial charge in [0.1, 0.15) is 5.75 Å². The van der Waals surface area contributed by atoms with Crippen LogP contribution in [0.4, 0.5) is 11.4 Å². The monoisotopic (exact) mass is 324 g/mol. The van der Waals surface area contributed by atoms with Crippen molar-refractivity contribution >= 4 is 17.3 Å². The third kappa shape index (κ3) is 5.35. The Kier molecular flexibility index (Phi) is 6.25. The number of rotatable bonds is 7. The molecule has 0 spiro atoms. The number of ether oxygens (including phenoxy) is 1. The first-order valence-electron chi connectivity index (χ1n) is 7.63. The molecule has 0 atom stereocenters.